The average molecular weight is 321 g/mol. The zero-order valence-corrected chi connectivity index (χ0v) is 12.2. The standard InChI is InChI=1S/C10H15N3O5S2/c11-19(14,15)10-3-1-2-9(8-10)12-20(16,17)13-4-6-18-7-5-13/h1-3,8,12H,4-7H2,(H2,11,14,15). The van der Waals surface area contributed by atoms with Gasteiger partial charge in [0.1, 0.15) is 0 Å². The minimum absolute atomic E-state index is 0.142. The van der Waals surface area contributed by atoms with E-state index in [1.54, 1.807) is 0 Å². The molecule has 8 nitrogen and oxygen atoms in total. The van der Waals surface area contributed by atoms with Crippen LogP contribution in [0.3, 0.4) is 0 Å². The van der Waals surface area contributed by atoms with Crippen LogP contribution in [-0.4, -0.2) is 47.4 Å². The van der Waals surface area contributed by atoms with Gasteiger partial charge in [0.25, 0.3) is 0 Å². The molecule has 10 heteroatoms. The van der Waals surface area contributed by atoms with Crippen LogP contribution in [0.5, 0.6) is 0 Å². The molecule has 2 rings (SSSR count). The molecule has 1 saturated heterocycles. The van der Waals surface area contributed by atoms with E-state index in [1.165, 1.54) is 28.6 Å². The summed E-state index contributed by atoms with van der Waals surface area (Å²) >= 11 is 0. The van der Waals surface area contributed by atoms with Gasteiger partial charge in [0.15, 0.2) is 0 Å². The molecule has 0 atom stereocenters. The van der Waals surface area contributed by atoms with Crippen LogP contribution < -0.4 is 9.86 Å². The lowest BCUT2D eigenvalue weighted by atomic mass is 10.3. The van der Waals surface area contributed by atoms with Gasteiger partial charge in [0.05, 0.1) is 23.8 Å². The summed E-state index contributed by atoms with van der Waals surface area (Å²) in [6.45, 7) is 1.17. The van der Waals surface area contributed by atoms with Crippen molar-refractivity contribution in [2.24, 2.45) is 5.14 Å². The van der Waals surface area contributed by atoms with Crippen molar-refractivity contribution < 1.29 is 21.6 Å². The van der Waals surface area contributed by atoms with E-state index in [-0.39, 0.29) is 23.7 Å². The number of primary sulfonamides is 1. The van der Waals surface area contributed by atoms with Gasteiger partial charge in [-0.15, -0.1) is 0 Å². The van der Waals surface area contributed by atoms with Gasteiger partial charge in [0, 0.05) is 13.1 Å². The van der Waals surface area contributed by atoms with Gasteiger partial charge >= 0.3 is 10.2 Å². The Morgan fingerprint density at radius 2 is 1.80 bits per heavy atom. The monoisotopic (exact) mass is 321 g/mol. The summed E-state index contributed by atoms with van der Waals surface area (Å²) in [6.07, 6.45) is 0. The second-order valence-corrected chi connectivity index (χ2v) is 7.42. The van der Waals surface area contributed by atoms with Gasteiger partial charge in [-0.1, -0.05) is 6.07 Å². The lowest BCUT2D eigenvalue weighted by molar-refractivity contribution is 0.0733. The first-order valence-electron chi connectivity index (χ1n) is 5.77. The van der Waals surface area contributed by atoms with Gasteiger partial charge in [-0.05, 0) is 18.2 Å². The quantitative estimate of drug-likeness (QED) is 0.762. The molecule has 3 N–H and O–H groups in total. The van der Waals surface area contributed by atoms with Crippen molar-refractivity contribution in [3.63, 3.8) is 0 Å². The average Bonchev–Trinajstić information content (AvgIpc) is 2.38. The second kappa shape index (κ2) is 5.66. The number of morpholine rings is 1. The van der Waals surface area contributed by atoms with Crippen LogP contribution >= 0.6 is 0 Å². The first-order chi connectivity index (χ1) is 9.29. The Morgan fingerprint density at radius 3 is 2.40 bits per heavy atom. The molecule has 0 aromatic heterocycles. The molecule has 0 bridgehead atoms. The summed E-state index contributed by atoms with van der Waals surface area (Å²) < 4.78 is 55.3. The van der Waals surface area contributed by atoms with Crippen LogP contribution in [-0.2, 0) is 25.0 Å². The fraction of sp³-hybridized carbons (Fsp3) is 0.400. The van der Waals surface area contributed by atoms with E-state index in [9.17, 15) is 16.8 Å². The molecule has 0 amide bonds. The van der Waals surface area contributed by atoms with E-state index in [4.69, 9.17) is 9.88 Å². The molecule has 0 unspecified atom stereocenters. The number of anilines is 1. The van der Waals surface area contributed by atoms with E-state index in [0.717, 1.165) is 0 Å². The molecule has 0 spiro atoms. The molecule has 20 heavy (non-hydrogen) atoms. The summed E-state index contributed by atoms with van der Waals surface area (Å²) in [5.74, 6) is 0. The Kier molecular flexibility index (Phi) is 4.30. The number of sulfonamides is 1. The zero-order chi connectivity index (χ0) is 14.8. The molecule has 1 aliphatic heterocycles. The molecule has 1 aromatic carbocycles. The Balaban J connectivity index is 2.21. The van der Waals surface area contributed by atoms with Crippen LogP contribution in [0.2, 0.25) is 0 Å². The number of hydrogen-bond donors (Lipinski definition) is 2. The fourth-order valence-corrected chi connectivity index (χ4v) is 3.48. The topological polar surface area (TPSA) is 119 Å². The zero-order valence-electron chi connectivity index (χ0n) is 10.5. The van der Waals surface area contributed by atoms with Crippen molar-refractivity contribution in [3.8, 4) is 0 Å². The van der Waals surface area contributed by atoms with Crippen LogP contribution in [0, 0.1) is 0 Å². The number of nitrogens with zero attached hydrogens (tertiary/aromatic N) is 1. The first kappa shape index (κ1) is 15.2. The van der Waals surface area contributed by atoms with Crippen LogP contribution in [0.15, 0.2) is 29.2 Å². The number of hydrogen-bond acceptors (Lipinski definition) is 5. The SMILES string of the molecule is NS(=O)(=O)c1cccc(NS(=O)(=O)N2CCOCC2)c1. The Hall–Kier alpha value is -1.20. The first-order valence-corrected chi connectivity index (χ1v) is 8.76. The van der Waals surface area contributed by atoms with Gasteiger partial charge in [-0.2, -0.15) is 12.7 Å². The Morgan fingerprint density at radius 1 is 1.15 bits per heavy atom. The highest BCUT2D eigenvalue weighted by Crippen LogP contribution is 2.17. The third-order valence-corrected chi connectivity index (χ3v) is 5.17. The van der Waals surface area contributed by atoms with E-state index >= 15 is 0 Å². The number of benzene rings is 1. The molecule has 0 saturated carbocycles. The van der Waals surface area contributed by atoms with E-state index in [1.807, 2.05) is 0 Å². The summed E-state index contributed by atoms with van der Waals surface area (Å²) in [5, 5.41) is 5.00. The smallest absolute Gasteiger partial charge is 0.301 e. The summed E-state index contributed by atoms with van der Waals surface area (Å²) in [6, 6.07) is 5.33. The Bertz CT molecular complexity index is 681. The number of nitrogens with two attached hydrogens (primary N) is 1. The van der Waals surface area contributed by atoms with Crippen molar-refractivity contribution in [2.75, 3.05) is 31.0 Å². The molecule has 112 valence electrons. The van der Waals surface area contributed by atoms with Crippen LogP contribution in [0.25, 0.3) is 0 Å². The van der Waals surface area contributed by atoms with Crippen molar-refractivity contribution in [1.29, 1.82) is 0 Å². The highest BCUT2D eigenvalue weighted by Gasteiger charge is 2.24. The van der Waals surface area contributed by atoms with Crippen molar-refractivity contribution in [1.82, 2.24) is 4.31 Å². The number of ether oxygens (including phenoxy) is 1. The van der Waals surface area contributed by atoms with Gasteiger partial charge in [-0.3, -0.25) is 4.72 Å². The van der Waals surface area contributed by atoms with Crippen molar-refractivity contribution in [2.45, 2.75) is 4.90 Å². The van der Waals surface area contributed by atoms with Gasteiger partial charge in [0.2, 0.25) is 10.0 Å². The maximum atomic E-state index is 12.1. The van der Waals surface area contributed by atoms with Crippen molar-refractivity contribution >= 4 is 25.9 Å². The minimum Gasteiger partial charge on any atom is -0.379 e. The number of rotatable bonds is 4. The Labute approximate surface area is 117 Å². The van der Waals surface area contributed by atoms with E-state index < -0.39 is 20.2 Å². The van der Waals surface area contributed by atoms with Gasteiger partial charge < -0.3 is 4.74 Å². The molecule has 1 aromatic rings. The molecule has 0 aliphatic carbocycles. The summed E-state index contributed by atoms with van der Waals surface area (Å²) in [7, 11) is -7.61. The molecule has 0 radical (unpaired) electrons. The maximum Gasteiger partial charge on any atom is 0.301 e. The van der Waals surface area contributed by atoms with Gasteiger partial charge in [-0.25, -0.2) is 13.6 Å². The lowest BCUT2D eigenvalue weighted by Gasteiger charge is -2.26. The van der Waals surface area contributed by atoms with E-state index in [0.29, 0.717) is 13.2 Å². The molecule has 1 aliphatic rings. The molecular formula is C10H15N3O5S2. The predicted molar refractivity (Wildman–Crippen MR) is 72.7 cm³/mol. The predicted octanol–water partition coefficient (Wildman–Crippen LogP) is -0.677. The third kappa shape index (κ3) is 3.67. The second-order valence-electron chi connectivity index (χ2n) is 4.19. The summed E-state index contributed by atoms with van der Waals surface area (Å²) in [4.78, 5) is -0.153. The van der Waals surface area contributed by atoms with Crippen LogP contribution in [0.4, 0.5) is 5.69 Å². The molecule has 1 heterocycles. The lowest BCUT2D eigenvalue weighted by Crippen LogP contribution is -2.43. The number of nitrogens with one attached hydrogen (secondary N) is 1. The fourth-order valence-electron chi connectivity index (χ4n) is 1.74. The van der Waals surface area contributed by atoms with E-state index in [2.05, 4.69) is 4.72 Å². The highest BCUT2D eigenvalue weighted by molar-refractivity contribution is 7.90. The molecule has 1 fully saturated rings. The largest absolute Gasteiger partial charge is 0.379 e. The highest BCUT2D eigenvalue weighted by atomic mass is 32.2. The van der Waals surface area contributed by atoms with Crippen molar-refractivity contribution in [3.05, 3.63) is 24.3 Å². The maximum absolute atomic E-state index is 12.1. The minimum atomic E-state index is -3.87. The normalized spacial score (nSPS) is 17.9. The molecular weight excluding hydrogens is 306 g/mol. The van der Waals surface area contributed by atoms with Crippen LogP contribution in [0.1, 0.15) is 0 Å². The third-order valence-electron chi connectivity index (χ3n) is 2.72. The summed E-state index contributed by atoms with van der Waals surface area (Å²) in [5.41, 5.74) is 0.142.